The van der Waals surface area contributed by atoms with E-state index in [9.17, 15) is 13.2 Å². The number of carbonyl (C=O) groups excluding carboxylic acids is 1. The van der Waals surface area contributed by atoms with Crippen LogP contribution < -0.4 is 10.0 Å². The van der Waals surface area contributed by atoms with Crippen LogP contribution in [0.2, 0.25) is 10.0 Å². The van der Waals surface area contributed by atoms with Crippen LogP contribution >= 0.6 is 45.8 Å². The van der Waals surface area contributed by atoms with Crippen molar-refractivity contribution in [2.45, 2.75) is 4.90 Å². The first-order valence-electron chi connectivity index (χ1n) is 6.23. The van der Waals surface area contributed by atoms with Crippen molar-refractivity contribution in [3.05, 3.63) is 56.1 Å². The first-order valence-corrected chi connectivity index (χ1v) is 9.51. The maximum Gasteiger partial charge on any atom is 0.266 e. The van der Waals surface area contributed by atoms with Gasteiger partial charge in [-0.05, 0) is 65.1 Å². The first kappa shape index (κ1) is 18.3. The fourth-order valence-electron chi connectivity index (χ4n) is 1.86. The van der Waals surface area contributed by atoms with E-state index in [0.29, 0.717) is 5.69 Å². The van der Waals surface area contributed by atoms with Crippen molar-refractivity contribution in [1.29, 1.82) is 0 Å². The van der Waals surface area contributed by atoms with Gasteiger partial charge in [-0.15, -0.1) is 0 Å². The van der Waals surface area contributed by atoms with Crippen molar-refractivity contribution in [1.82, 2.24) is 0 Å². The van der Waals surface area contributed by atoms with Gasteiger partial charge in [0.15, 0.2) is 0 Å². The number of sulfonamides is 1. The van der Waals surface area contributed by atoms with Crippen LogP contribution in [0.5, 0.6) is 0 Å². The van der Waals surface area contributed by atoms with E-state index < -0.39 is 22.5 Å². The van der Waals surface area contributed by atoms with Crippen molar-refractivity contribution in [2.75, 3.05) is 10.8 Å². The summed E-state index contributed by atoms with van der Waals surface area (Å²) in [6.45, 7) is -0.508. The number of rotatable bonds is 5. The lowest BCUT2D eigenvalue weighted by molar-refractivity contribution is -0.116. The van der Waals surface area contributed by atoms with E-state index in [2.05, 4.69) is 22.6 Å². The molecule has 2 aromatic rings. The zero-order valence-electron chi connectivity index (χ0n) is 11.5. The molecule has 5 nitrogen and oxygen atoms in total. The van der Waals surface area contributed by atoms with Crippen LogP contribution in [0, 0.1) is 3.57 Å². The maximum atomic E-state index is 12.9. The monoisotopic (exact) mass is 484 g/mol. The van der Waals surface area contributed by atoms with Gasteiger partial charge in [0.1, 0.15) is 11.4 Å². The second kappa shape index (κ2) is 7.25. The molecule has 0 saturated heterocycles. The lowest BCUT2D eigenvalue weighted by Gasteiger charge is -2.23. The highest BCUT2D eigenvalue weighted by atomic mass is 127. The highest BCUT2D eigenvalue weighted by molar-refractivity contribution is 14.1. The highest BCUT2D eigenvalue weighted by Gasteiger charge is 2.28. The van der Waals surface area contributed by atoms with E-state index >= 15 is 0 Å². The number of amides is 1. The molecule has 0 aromatic heterocycles. The number of hydrogen-bond acceptors (Lipinski definition) is 3. The van der Waals surface area contributed by atoms with Crippen LogP contribution in [0.4, 0.5) is 5.69 Å². The Morgan fingerprint density at radius 1 is 1.13 bits per heavy atom. The van der Waals surface area contributed by atoms with E-state index in [1.54, 1.807) is 24.3 Å². The molecule has 0 radical (unpaired) electrons. The van der Waals surface area contributed by atoms with Gasteiger partial charge in [-0.1, -0.05) is 23.2 Å². The van der Waals surface area contributed by atoms with E-state index in [1.807, 2.05) is 0 Å². The molecule has 0 spiro atoms. The molecule has 0 aliphatic heterocycles. The molecule has 0 aliphatic rings. The van der Waals surface area contributed by atoms with Crippen LogP contribution in [0.1, 0.15) is 0 Å². The zero-order valence-corrected chi connectivity index (χ0v) is 16.0. The Morgan fingerprint density at radius 2 is 1.74 bits per heavy atom. The Bertz CT molecular complexity index is 842. The van der Waals surface area contributed by atoms with Crippen molar-refractivity contribution in [2.24, 2.45) is 5.73 Å². The van der Waals surface area contributed by atoms with Crippen LogP contribution in [0.15, 0.2) is 47.4 Å². The fourth-order valence-corrected chi connectivity index (χ4v) is 4.39. The molecule has 0 bridgehead atoms. The molecule has 0 saturated carbocycles. The molecule has 0 heterocycles. The third kappa shape index (κ3) is 4.28. The smallest absolute Gasteiger partial charge is 0.266 e. The van der Waals surface area contributed by atoms with Gasteiger partial charge in [0.05, 0.1) is 10.7 Å². The summed E-state index contributed by atoms with van der Waals surface area (Å²) in [5.74, 6) is -0.787. The summed E-state index contributed by atoms with van der Waals surface area (Å²) in [5.41, 5.74) is 5.50. The van der Waals surface area contributed by atoms with Crippen molar-refractivity contribution in [3.63, 3.8) is 0 Å². The minimum absolute atomic E-state index is 0.00869. The molecule has 122 valence electrons. The number of primary amides is 1. The molecular formula is C14H11Cl2IN2O3S. The molecule has 1 amide bonds. The van der Waals surface area contributed by atoms with Gasteiger partial charge in [0, 0.05) is 8.59 Å². The zero-order chi connectivity index (χ0) is 17.2. The summed E-state index contributed by atoms with van der Waals surface area (Å²) in [6, 6.07) is 10.7. The molecule has 0 atom stereocenters. The van der Waals surface area contributed by atoms with Gasteiger partial charge in [0.25, 0.3) is 10.0 Å². The van der Waals surface area contributed by atoms with Crippen LogP contribution in [0.25, 0.3) is 0 Å². The Balaban J connectivity index is 2.59. The van der Waals surface area contributed by atoms with Gasteiger partial charge < -0.3 is 5.73 Å². The van der Waals surface area contributed by atoms with Gasteiger partial charge in [-0.2, -0.15) is 0 Å². The first-order chi connectivity index (χ1) is 10.7. The number of hydrogen-bond donors (Lipinski definition) is 1. The molecule has 2 aromatic carbocycles. The predicted molar refractivity (Wildman–Crippen MR) is 99.3 cm³/mol. The number of benzene rings is 2. The van der Waals surface area contributed by atoms with Crippen LogP contribution in [-0.2, 0) is 14.8 Å². The van der Waals surface area contributed by atoms with Crippen LogP contribution in [0.3, 0.4) is 0 Å². The quantitative estimate of drug-likeness (QED) is 0.661. The molecule has 0 aliphatic carbocycles. The van der Waals surface area contributed by atoms with Gasteiger partial charge in [-0.25, -0.2) is 8.42 Å². The average Bonchev–Trinajstić information content (AvgIpc) is 2.48. The topological polar surface area (TPSA) is 80.5 Å². The lowest BCUT2D eigenvalue weighted by atomic mass is 10.3. The van der Waals surface area contributed by atoms with E-state index in [-0.39, 0.29) is 14.9 Å². The second-order valence-electron chi connectivity index (χ2n) is 4.53. The normalized spacial score (nSPS) is 11.3. The van der Waals surface area contributed by atoms with Gasteiger partial charge in [-0.3, -0.25) is 9.10 Å². The van der Waals surface area contributed by atoms with E-state index in [0.717, 1.165) is 7.88 Å². The van der Waals surface area contributed by atoms with Crippen molar-refractivity contribution >= 4 is 67.4 Å². The van der Waals surface area contributed by atoms with Crippen molar-refractivity contribution in [3.8, 4) is 0 Å². The van der Waals surface area contributed by atoms with Crippen molar-refractivity contribution < 1.29 is 13.2 Å². The van der Waals surface area contributed by atoms with Gasteiger partial charge >= 0.3 is 0 Å². The largest absolute Gasteiger partial charge is 0.368 e. The Hall–Kier alpha value is -1.03. The predicted octanol–water partition coefficient (Wildman–Crippen LogP) is 3.28. The van der Waals surface area contributed by atoms with Gasteiger partial charge in [0.2, 0.25) is 5.91 Å². The summed E-state index contributed by atoms with van der Waals surface area (Å²) >= 11 is 13.9. The number of nitrogens with two attached hydrogens (primary N) is 1. The Morgan fingerprint density at radius 3 is 2.30 bits per heavy atom. The minimum Gasteiger partial charge on any atom is -0.368 e. The number of halogens is 3. The average molecular weight is 485 g/mol. The molecule has 0 fully saturated rings. The Labute approximate surface area is 157 Å². The van der Waals surface area contributed by atoms with Crippen LogP contribution in [-0.4, -0.2) is 20.9 Å². The minimum atomic E-state index is -4.10. The lowest BCUT2D eigenvalue weighted by Crippen LogP contribution is -2.38. The maximum absolute atomic E-state index is 12.9. The van der Waals surface area contributed by atoms with E-state index in [1.165, 1.54) is 18.2 Å². The molecular weight excluding hydrogens is 474 g/mol. The third-order valence-electron chi connectivity index (χ3n) is 2.88. The summed E-state index contributed by atoms with van der Waals surface area (Å²) in [6.07, 6.45) is 0. The number of carbonyl (C=O) groups is 1. The molecule has 23 heavy (non-hydrogen) atoms. The summed E-state index contributed by atoms with van der Waals surface area (Å²) in [5, 5.41) is 0.226. The molecule has 2 N–H and O–H groups in total. The molecule has 0 unspecified atom stereocenters. The summed E-state index contributed by atoms with van der Waals surface area (Å²) in [4.78, 5) is 11.1. The number of anilines is 1. The summed E-state index contributed by atoms with van der Waals surface area (Å²) in [7, 11) is -4.10. The SMILES string of the molecule is NC(=O)CN(c1ccc(I)cc1)S(=O)(=O)c1cc(Cl)ccc1Cl. The summed E-state index contributed by atoms with van der Waals surface area (Å²) < 4.78 is 27.6. The molecule has 9 heteroatoms. The standard InChI is InChI=1S/C14H11Cl2IN2O3S/c15-9-1-6-12(16)13(7-9)23(21,22)19(8-14(18)20)11-4-2-10(17)3-5-11/h1-7H,8H2,(H2,18,20). The molecule has 2 rings (SSSR count). The highest BCUT2D eigenvalue weighted by Crippen LogP contribution is 2.30. The second-order valence-corrected chi connectivity index (χ2v) is 8.45. The Kier molecular flexibility index (Phi) is 5.77. The fraction of sp³-hybridized carbons (Fsp3) is 0.0714. The van der Waals surface area contributed by atoms with E-state index in [4.69, 9.17) is 28.9 Å². The third-order valence-corrected chi connectivity index (χ3v) is 6.09. The number of nitrogens with zero attached hydrogens (tertiary/aromatic N) is 1.